The molecular weight excluding hydrogens is 268 g/mol. The number of aryl methyl sites for hydroxylation is 2. The number of benzene rings is 1. The molecule has 0 aliphatic rings. The van der Waals surface area contributed by atoms with Crippen molar-refractivity contribution in [3.05, 3.63) is 51.2 Å². The first kappa shape index (κ1) is 14.6. The number of anilines is 1. The van der Waals surface area contributed by atoms with Crippen molar-refractivity contribution in [2.45, 2.75) is 26.8 Å². The first-order chi connectivity index (χ1) is 9.60. The summed E-state index contributed by atoms with van der Waals surface area (Å²) in [7, 11) is 1.66. The third kappa shape index (κ3) is 3.61. The van der Waals surface area contributed by atoms with Gasteiger partial charge < -0.3 is 10.6 Å². The highest BCUT2D eigenvalue weighted by Gasteiger charge is 2.07. The number of rotatable bonds is 5. The molecule has 106 valence electrons. The highest BCUT2D eigenvalue weighted by atomic mass is 32.1. The van der Waals surface area contributed by atoms with Gasteiger partial charge in [0.05, 0.1) is 6.42 Å². The molecule has 0 unspecified atom stereocenters. The minimum Gasteiger partial charge on any atom is -0.381 e. The third-order valence-electron chi connectivity index (χ3n) is 3.26. The molecule has 2 aromatic rings. The van der Waals surface area contributed by atoms with E-state index >= 15 is 0 Å². The summed E-state index contributed by atoms with van der Waals surface area (Å²) in [5.74, 6) is 0.0295. The predicted molar refractivity (Wildman–Crippen MR) is 85.3 cm³/mol. The Morgan fingerprint density at radius 2 is 1.95 bits per heavy atom. The molecule has 0 atom stereocenters. The lowest BCUT2D eigenvalue weighted by atomic mass is 10.1. The van der Waals surface area contributed by atoms with Crippen LogP contribution in [0, 0.1) is 13.8 Å². The molecule has 1 aromatic carbocycles. The maximum absolute atomic E-state index is 11.5. The van der Waals surface area contributed by atoms with Crippen LogP contribution < -0.4 is 10.6 Å². The van der Waals surface area contributed by atoms with Gasteiger partial charge in [-0.25, -0.2) is 0 Å². The number of nitrogens with one attached hydrogen (secondary N) is 2. The number of carbonyl (C=O) groups excluding carboxylic acids is 1. The van der Waals surface area contributed by atoms with Crippen LogP contribution in [0.25, 0.3) is 0 Å². The van der Waals surface area contributed by atoms with E-state index in [-0.39, 0.29) is 5.91 Å². The zero-order valence-corrected chi connectivity index (χ0v) is 12.9. The Labute approximate surface area is 124 Å². The van der Waals surface area contributed by atoms with Crippen LogP contribution in [0.15, 0.2) is 30.3 Å². The van der Waals surface area contributed by atoms with Gasteiger partial charge in [-0.2, -0.15) is 0 Å². The molecule has 0 saturated heterocycles. The normalized spacial score (nSPS) is 10.3. The average Bonchev–Trinajstić information content (AvgIpc) is 2.76. The van der Waals surface area contributed by atoms with Crippen LogP contribution >= 0.6 is 11.3 Å². The van der Waals surface area contributed by atoms with Crippen molar-refractivity contribution < 1.29 is 4.79 Å². The second-order valence-electron chi connectivity index (χ2n) is 4.80. The number of thiophene rings is 1. The van der Waals surface area contributed by atoms with E-state index in [1.165, 1.54) is 15.3 Å². The van der Waals surface area contributed by atoms with Gasteiger partial charge in [0.15, 0.2) is 0 Å². The van der Waals surface area contributed by atoms with Crippen LogP contribution in [0.1, 0.15) is 20.9 Å². The van der Waals surface area contributed by atoms with Gasteiger partial charge in [0.25, 0.3) is 0 Å². The molecule has 20 heavy (non-hydrogen) atoms. The Bertz CT molecular complexity index is 604. The van der Waals surface area contributed by atoms with Crippen molar-refractivity contribution in [2.24, 2.45) is 0 Å². The minimum absolute atomic E-state index is 0.0295. The molecule has 1 heterocycles. The van der Waals surface area contributed by atoms with E-state index in [2.05, 4.69) is 30.5 Å². The zero-order valence-electron chi connectivity index (χ0n) is 12.1. The fourth-order valence-corrected chi connectivity index (χ4v) is 3.10. The molecule has 0 spiro atoms. The van der Waals surface area contributed by atoms with E-state index in [1.54, 1.807) is 7.05 Å². The summed E-state index contributed by atoms with van der Waals surface area (Å²) in [5, 5.41) is 6.10. The molecule has 0 aliphatic carbocycles. The van der Waals surface area contributed by atoms with Crippen LogP contribution in [-0.2, 0) is 17.8 Å². The zero-order chi connectivity index (χ0) is 14.5. The van der Waals surface area contributed by atoms with Crippen LogP contribution in [0.2, 0.25) is 0 Å². The van der Waals surface area contributed by atoms with Gasteiger partial charge in [-0.1, -0.05) is 18.2 Å². The standard InChI is InChI=1S/C16H20N2OS/c1-11-8-14(12(2)20-11)10-18-15-7-5-4-6-13(15)9-16(19)17-3/h4-8,18H,9-10H2,1-3H3,(H,17,19). The van der Waals surface area contributed by atoms with Gasteiger partial charge in [0.1, 0.15) is 0 Å². The lowest BCUT2D eigenvalue weighted by Gasteiger charge is -2.11. The summed E-state index contributed by atoms with van der Waals surface area (Å²) >= 11 is 1.82. The quantitative estimate of drug-likeness (QED) is 0.886. The van der Waals surface area contributed by atoms with E-state index in [1.807, 2.05) is 35.6 Å². The summed E-state index contributed by atoms with van der Waals surface area (Å²) < 4.78 is 0. The molecule has 0 bridgehead atoms. The lowest BCUT2D eigenvalue weighted by molar-refractivity contribution is -0.119. The Morgan fingerprint density at radius 1 is 1.20 bits per heavy atom. The van der Waals surface area contributed by atoms with Crippen molar-refractivity contribution in [2.75, 3.05) is 12.4 Å². The molecule has 1 aromatic heterocycles. The molecular formula is C16H20N2OS. The summed E-state index contributed by atoms with van der Waals surface area (Å²) in [6.07, 6.45) is 0.404. The topological polar surface area (TPSA) is 41.1 Å². The molecule has 1 amide bonds. The number of para-hydroxylation sites is 1. The second-order valence-corrected chi connectivity index (χ2v) is 6.26. The second kappa shape index (κ2) is 6.57. The molecule has 2 N–H and O–H groups in total. The van der Waals surface area contributed by atoms with Gasteiger partial charge in [-0.3, -0.25) is 4.79 Å². The molecule has 0 fully saturated rings. The monoisotopic (exact) mass is 288 g/mol. The molecule has 4 heteroatoms. The van der Waals surface area contributed by atoms with E-state index in [9.17, 15) is 4.79 Å². The number of likely N-dealkylation sites (N-methyl/N-ethyl adjacent to an activating group) is 1. The number of amides is 1. The Kier molecular flexibility index (Phi) is 4.79. The molecule has 0 saturated carbocycles. The SMILES string of the molecule is CNC(=O)Cc1ccccc1NCc1cc(C)sc1C. The highest BCUT2D eigenvalue weighted by molar-refractivity contribution is 7.12. The van der Waals surface area contributed by atoms with Crippen molar-refractivity contribution in [3.8, 4) is 0 Å². The number of hydrogen-bond acceptors (Lipinski definition) is 3. The lowest BCUT2D eigenvalue weighted by Crippen LogP contribution is -2.20. The van der Waals surface area contributed by atoms with E-state index in [0.29, 0.717) is 6.42 Å². The van der Waals surface area contributed by atoms with Crippen molar-refractivity contribution in [1.29, 1.82) is 0 Å². The minimum atomic E-state index is 0.0295. The fraction of sp³-hybridized carbons (Fsp3) is 0.312. The van der Waals surface area contributed by atoms with Gasteiger partial charge in [0, 0.05) is 29.0 Å². The fourth-order valence-electron chi connectivity index (χ4n) is 2.16. The Balaban J connectivity index is 2.09. The van der Waals surface area contributed by atoms with Crippen LogP contribution in [0.4, 0.5) is 5.69 Å². The van der Waals surface area contributed by atoms with Gasteiger partial charge in [0.2, 0.25) is 5.91 Å². The molecule has 2 rings (SSSR count). The molecule has 0 aliphatic heterocycles. The van der Waals surface area contributed by atoms with E-state index in [4.69, 9.17) is 0 Å². The summed E-state index contributed by atoms with van der Waals surface area (Å²) in [6, 6.07) is 10.2. The highest BCUT2D eigenvalue weighted by Crippen LogP contribution is 2.23. The smallest absolute Gasteiger partial charge is 0.224 e. The summed E-state index contributed by atoms with van der Waals surface area (Å²) in [6.45, 7) is 5.06. The first-order valence-electron chi connectivity index (χ1n) is 6.68. The number of carbonyl (C=O) groups is 1. The largest absolute Gasteiger partial charge is 0.381 e. The van der Waals surface area contributed by atoms with E-state index < -0.39 is 0 Å². The van der Waals surface area contributed by atoms with Gasteiger partial charge in [-0.05, 0) is 37.1 Å². The van der Waals surface area contributed by atoms with Gasteiger partial charge in [-0.15, -0.1) is 11.3 Å². The van der Waals surface area contributed by atoms with Crippen LogP contribution in [0.5, 0.6) is 0 Å². The van der Waals surface area contributed by atoms with Crippen LogP contribution in [-0.4, -0.2) is 13.0 Å². The van der Waals surface area contributed by atoms with E-state index in [0.717, 1.165) is 17.8 Å². The predicted octanol–water partition coefficient (Wildman–Crippen LogP) is 3.27. The van der Waals surface area contributed by atoms with Crippen LogP contribution in [0.3, 0.4) is 0 Å². The van der Waals surface area contributed by atoms with Crippen molar-refractivity contribution in [3.63, 3.8) is 0 Å². The summed E-state index contributed by atoms with van der Waals surface area (Å²) in [5.41, 5.74) is 3.37. The third-order valence-corrected chi connectivity index (χ3v) is 4.27. The first-order valence-corrected chi connectivity index (χ1v) is 7.50. The Morgan fingerprint density at radius 3 is 2.60 bits per heavy atom. The van der Waals surface area contributed by atoms with Crippen molar-refractivity contribution >= 4 is 22.9 Å². The van der Waals surface area contributed by atoms with Crippen molar-refractivity contribution in [1.82, 2.24) is 5.32 Å². The number of hydrogen-bond donors (Lipinski definition) is 2. The maximum Gasteiger partial charge on any atom is 0.224 e. The maximum atomic E-state index is 11.5. The molecule has 0 radical (unpaired) electrons. The average molecular weight is 288 g/mol. The van der Waals surface area contributed by atoms with Gasteiger partial charge >= 0.3 is 0 Å². The Hall–Kier alpha value is -1.81. The molecule has 3 nitrogen and oxygen atoms in total. The summed E-state index contributed by atoms with van der Waals surface area (Å²) in [4.78, 5) is 14.2.